The fraction of sp³-hybridized carbons (Fsp3) is 0.167. The van der Waals surface area contributed by atoms with Gasteiger partial charge in [0, 0.05) is 5.56 Å². The average Bonchev–Trinajstić information content (AvgIpc) is 1.96. The minimum absolute atomic E-state index is 0.0283. The number of rotatable bonds is 1. The number of thiol groups is 1. The first-order valence-corrected chi connectivity index (χ1v) is 3.89. The van der Waals surface area contributed by atoms with Crippen molar-refractivity contribution >= 4 is 29.3 Å². The second-order valence-corrected chi connectivity index (χ2v) is 2.98. The summed E-state index contributed by atoms with van der Waals surface area (Å²) in [6.07, 6.45) is 0. The summed E-state index contributed by atoms with van der Waals surface area (Å²) in [5, 5.41) is 7.06. The minimum atomic E-state index is -0.344. The van der Waals surface area contributed by atoms with Gasteiger partial charge in [-0.3, -0.25) is 15.2 Å². The van der Waals surface area contributed by atoms with E-state index in [9.17, 15) is 4.79 Å². The van der Waals surface area contributed by atoms with Crippen LogP contribution >= 0.6 is 24.2 Å². The lowest BCUT2D eigenvalue weighted by molar-refractivity contribution is 1.06. The number of aromatic nitrogens is 2. The van der Waals surface area contributed by atoms with E-state index in [0.717, 1.165) is 0 Å². The van der Waals surface area contributed by atoms with Gasteiger partial charge in [-0.15, -0.1) is 12.6 Å². The van der Waals surface area contributed by atoms with E-state index in [-0.39, 0.29) is 21.6 Å². The molecule has 0 saturated heterocycles. The maximum atomic E-state index is 11.1. The van der Waals surface area contributed by atoms with E-state index in [0.29, 0.717) is 5.56 Å². The number of hydrogen-bond donors (Lipinski definition) is 3. The van der Waals surface area contributed by atoms with Gasteiger partial charge in [0.1, 0.15) is 10.7 Å². The molecular formula is C6H6ClN3OS. The molecule has 0 atom stereocenters. The van der Waals surface area contributed by atoms with Gasteiger partial charge in [0.05, 0.1) is 0 Å². The molecule has 0 aliphatic heterocycles. The molecule has 0 spiro atoms. The Morgan fingerprint density at radius 1 is 1.75 bits per heavy atom. The summed E-state index contributed by atoms with van der Waals surface area (Å²) in [6, 6.07) is 0. The molecule has 64 valence electrons. The fourth-order valence-corrected chi connectivity index (χ4v) is 1.12. The molecule has 0 aliphatic carbocycles. The summed E-state index contributed by atoms with van der Waals surface area (Å²) >= 11 is 9.23. The third-order valence-corrected chi connectivity index (χ3v) is 1.74. The highest BCUT2D eigenvalue weighted by molar-refractivity contribution is 7.97. The van der Waals surface area contributed by atoms with Crippen LogP contribution in [0.5, 0.6) is 0 Å². The molecule has 1 aromatic heterocycles. The molecule has 0 amide bonds. The summed E-state index contributed by atoms with van der Waals surface area (Å²) in [5.74, 6) is 0. The van der Waals surface area contributed by atoms with Gasteiger partial charge in [0.2, 0.25) is 5.28 Å². The smallest absolute Gasteiger partial charge is 0.255 e. The second-order valence-electron chi connectivity index (χ2n) is 2.18. The van der Waals surface area contributed by atoms with Gasteiger partial charge in [0.15, 0.2) is 0 Å². The number of nitrogens with one attached hydrogen (secondary N) is 2. The van der Waals surface area contributed by atoms with Gasteiger partial charge in [-0.2, -0.15) is 0 Å². The lowest BCUT2D eigenvalue weighted by atomic mass is 10.3. The first-order chi connectivity index (χ1) is 5.52. The number of hydrogen-bond acceptors (Lipinski definition) is 3. The van der Waals surface area contributed by atoms with Crippen molar-refractivity contribution in [1.29, 1.82) is 5.41 Å². The molecular weight excluding hydrogens is 198 g/mol. The highest BCUT2D eigenvalue weighted by atomic mass is 35.5. The highest BCUT2D eigenvalue weighted by Gasteiger charge is 2.07. The van der Waals surface area contributed by atoms with Crippen LogP contribution in [0.2, 0.25) is 5.28 Å². The Balaban J connectivity index is 3.48. The number of H-pyrrole nitrogens is 1. The van der Waals surface area contributed by atoms with E-state index in [1.165, 1.54) is 0 Å². The number of halogens is 1. The fourth-order valence-electron chi connectivity index (χ4n) is 0.735. The molecule has 0 unspecified atom stereocenters. The molecule has 1 rings (SSSR count). The number of nitrogens with zero attached hydrogens (tertiary/aromatic N) is 1. The molecule has 12 heavy (non-hydrogen) atoms. The zero-order chi connectivity index (χ0) is 9.30. The van der Waals surface area contributed by atoms with Gasteiger partial charge < -0.3 is 0 Å². The van der Waals surface area contributed by atoms with E-state index < -0.39 is 0 Å². The summed E-state index contributed by atoms with van der Waals surface area (Å²) < 4.78 is 0. The Hall–Kier alpha value is -0.810. The highest BCUT2D eigenvalue weighted by Crippen LogP contribution is 2.05. The van der Waals surface area contributed by atoms with Crippen LogP contribution in [0.4, 0.5) is 0 Å². The Bertz CT molecular complexity index is 387. The lowest BCUT2D eigenvalue weighted by Gasteiger charge is -2.00. The van der Waals surface area contributed by atoms with E-state index in [4.69, 9.17) is 17.0 Å². The van der Waals surface area contributed by atoms with Crippen LogP contribution in [0.1, 0.15) is 11.3 Å². The molecule has 6 heteroatoms. The Morgan fingerprint density at radius 2 is 2.33 bits per heavy atom. The molecule has 0 aliphatic rings. The molecule has 0 radical (unpaired) electrons. The van der Waals surface area contributed by atoms with Gasteiger partial charge in [-0.1, -0.05) is 0 Å². The first-order valence-electron chi connectivity index (χ1n) is 3.06. The zero-order valence-electron chi connectivity index (χ0n) is 6.18. The standard InChI is InChI=1S/C6H6ClN3OS/c1-2-3(4(8)12)9-6(7)10-5(2)11/h1H3,(H2,8,12)(H,9,10,11). The largest absolute Gasteiger partial charge is 0.297 e. The summed E-state index contributed by atoms with van der Waals surface area (Å²) in [7, 11) is 0. The van der Waals surface area contributed by atoms with Gasteiger partial charge in [0.25, 0.3) is 5.56 Å². The van der Waals surface area contributed by atoms with Crippen molar-refractivity contribution in [2.24, 2.45) is 0 Å². The van der Waals surface area contributed by atoms with E-state index >= 15 is 0 Å². The quantitative estimate of drug-likeness (QED) is 0.276. The van der Waals surface area contributed by atoms with Crippen molar-refractivity contribution in [3.8, 4) is 0 Å². The van der Waals surface area contributed by atoms with Crippen LogP contribution in [0.3, 0.4) is 0 Å². The predicted molar refractivity (Wildman–Crippen MR) is 50.4 cm³/mol. The summed E-state index contributed by atoms with van der Waals surface area (Å²) in [5.41, 5.74) is 0.218. The SMILES string of the molecule is Cc1c(C(=N)S)nc(Cl)[nH]c1=O. The van der Waals surface area contributed by atoms with Gasteiger partial charge in [-0.05, 0) is 18.5 Å². The van der Waals surface area contributed by atoms with E-state index in [2.05, 4.69) is 22.6 Å². The van der Waals surface area contributed by atoms with Crippen LogP contribution in [0.15, 0.2) is 4.79 Å². The third-order valence-electron chi connectivity index (χ3n) is 1.35. The van der Waals surface area contributed by atoms with Crippen LogP contribution in [-0.2, 0) is 0 Å². The topological polar surface area (TPSA) is 69.6 Å². The normalized spacial score (nSPS) is 9.92. The number of aromatic amines is 1. The Morgan fingerprint density at radius 3 is 2.83 bits per heavy atom. The summed E-state index contributed by atoms with van der Waals surface area (Å²) in [4.78, 5) is 17.1. The lowest BCUT2D eigenvalue weighted by Crippen LogP contribution is -2.16. The molecule has 0 bridgehead atoms. The van der Waals surface area contributed by atoms with Crippen molar-refractivity contribution in [2.45, 2.75) is 6.92 Å². The van der Waals surface area contributed by atoms with Crippen LogP contribution in [0, 0.1) is 12.3 Å². The summed E-state index contributed by atoms with van der Waals surface area (Å²) in [6.45, 7) is 1.56. The Kier molecular flexibility index (Phi) is 2.54. The third kappa shape index (κ3) is 1.67. The van der Waals surface area contributed by atoms with Crippen molar-refractivity contribution in [3.05, 3.63) is 26.9 Å². The van der Waals surface area contributed by atoms with E-state index in [1.807, 2.05) is 0 Å². The van der Waals surface area contributed by atoms with Crippen LogP contribution < -0.4 is 5.56 Å². The van der Waals surface area contributed by atoms with Crippen molar-refractivity contribution in [3.63, 3.8) is 0 Å². The molecule has 1 aromatic rings. The zero-order valence-corrected chi connectivity index (χ0v) is 7.83. The molecule has 0 aromatic carbocycles. The molecule has 2 N–H and O–H groups in total. The monoisotopic (exact) mass is 203 g/mol. The maximum Gasteiger partial charge on any atom is 0.255 e. The molecule has 0 saturated carbocycles. The molecule has 0 fully saturated rings. The van der Waals surface area contributed by atoms with Gasteiger partial charge >= 0.3 is 0 Å². The average molecular weight is 204 g/mol. The first kappa shape index (κ1) is 9.28. The maximum absolute atomic E-state index is 11.1. The van der Waals surface area contributed by atoms with Crippen molar-refractivity contribution in [2.75, 3.05) is 0 Å². The van der Waals surface area contributed by atoms with Crippen LogP contribution in [0.25, 0.3) is 0 Å². The van der Waals surface area contributed by atoms with Crippen molar-refractivity contribution in [1.82, 2.24) is 9.97 Å². The predicted octanol–water partition coefficient (Wildman–Crippen LogP) is 0.987. The van der Waals surface area contributed by atoms with Crippen molar-refractivity contribution < 1.29 is 0 Å². The van der Waals surface area contributed by atoms with Crippen LogP contribution in [-0.4, -0.2) is 15.0 Å². The molecule has 1 heterocycles. The van der Waals surface area contributed by atoms with Gasteiger partial charge in [-0.25, -0.2) is 4.98 Å². The Labute approximate surface area is 78.9 Å². The molecule has 4 nitrogen and oxygen atoms in total. The minimum Gasteiger partial charge on any atom is -0.297 e. The van der Waals surface area contributed by atoms with E-state index in [1.54, 1.807) is 6.92 Å². The second kappa shape index (κ2) is 3.28.